The van der Waals surface area contributed by atoms with E-state index in [1.165, 1.54) is 0 Å². The van der Waals surface area contributed by atoms with Crippen LogP contribution in [0.1, 0.15) is 45.1 Å². The van der Waals surface area contributed by atoms with Crippen molar-refractivity contribution in [3.8, 4) is 0 Å². The Bertz CT molecular complexity index is 626. The molecule has 0 radical (unpaired) electrons. The largest absolute Gasteiger partial charge is 0.444 e. The molecule has 2 heterocycles. The lowest BCUT2D eigenvalue weighted by Crippen LogP contribution is -2.34. The molecule has 0 aliphatic heterocycles. The minimum Gasteiger partial charge on any atom is -0.444 e. The van der Waals surface area contributed by atoms with Gasteiger partial charge in [-0.05, 0) is 46.2 Å². The molecule has 0 aliphatic carbocycles. The van der Waals surface area contributed by atoms with Crippen molar-refractivity contribution in [2.24, 2.45) is 0 Å². The summed E-state index contributed by atoms with van der Waals surface area (Å²) in [6.45, 7) is 9.44. The number of aryl methyl sites for hydroxylation is 1. The van der Waals surface area contributed by atoms with Gasteiger partial charge in [0.1, 0.15) is 11.4 Å². The summed E-state index contributed by atoms with van der Waals surface area (Å²) in [6, 6.07) is 3.77. The summed E-state index contributed by atoms with van der Waals surface area (Å²) < 4.78 is 7.24. The number of carbonyl (C=O) groups is 1. The van der Waals surface area contributed by atoms with Crippen LogP contribution in [0.15, 0.2) is 24.5 Å². The molecule has 2 rings (SSSR count). The molecule has 0 aromatic carbocycles. The van der Waals surface area contributed by atoms with Crippen LogP contribution in [-0.2, 0) is 4.74 Å². The number of fused-ring (bicyclic) bond motifs is 1. The number of ether oxygens (including phenoxy) is 1. The van der Waals surface area contributed by atoms with Crippen molar-refractivity contribution in [1.29, 1.82) is 0 Å². The van der Waals surface area contributed by atoms with Crippen LogP contribution in [0.4, 0.5) is 4.79 Å². The van der Waals surface area contributed by atoms with E-state index in [9.17, 15) is 4.79 Å². The summed E-state index contributed by atoms with van der Waals surface area (Å²) in [5.74, 6) is 0.787. The fourth-order valence-corrected chi connectivity index (χ4v) is 2.05. The van der Waals surface area contributed by atoms with Crippen molar-refractivity contribution in [3.05, 3.63) is 35.9 Å². The molecule has 0 bridgehead atoms. The maximum Gasteiger partial charge on any atom is 0.408 e. The molecule has 1 amide bonds. The van der Waals surface area contributed by atoms with Crippen LogP contribution < -0.4 is 5.32 Å². The first-order valence-corrected chi connectivity index (χ1v) is 6.70. The molecule has 0 aliphatic rings. The van der Waals surface area contributed by atoms with Gasteiger partial charge in [0.2, 0.25) is 0 Å². The second-order valence-corrected chi connectivity index (χ2v) is 5.93. The Morgan fingerprint density at radius 2 is 2.15 bits per heavy atom. The highest BCUT2D eigenvalue weighted by Gasteiger charge is 2.20. The average molecular weight is 275 g/mol. The third kappa shape index (κ3) is 3.10. The minimum atomic E-state index is -0.505. The molecular weight excluding hydrogens is 254 g/mol. The van der Waals surface area contributed by atoms with Gasteiger partial charge in [-0.1, -0.05) is 6.07 Å². The maximum absolute atomic E-state index is 11.8. The lowest BCUT2D eigenvalue weighted by atomic mass is 10.2. The van der Waals surface area contributed by atoms with Gasteiger partial charge in [-0.15, -0.1) is 0 Å². The van der Waals surface area contributed by atoms with Crippen LogP contribution in [0.3, 0.4) is 0 Å². The molecule has 2 aromatic heterocycles. The SMILES string of the molecule is Cc1cccn2c([C@H](C)NC(=O)OC(C)(C)C)ncc12. The van der Waals surface area contributed by atoms with Gasteiger partial charge in [-0.3, -0.25) is 0 Å². The first kappa shape index (κ1) is 14.4. The third-order valence-corrected chi connectivity index (χ3v) is 2.93. The number of nitrogens with one attached hydrogen (secondary N) is 1. The summed E-state index contributed by atoms with van der Waals surface area (Å²) in [5.41, 5.74) is 1.69. The van der Waals surface area contributed by atoms with E-state index in [0.29, 0.717) is 0 Å². The zero-order chi connectivity index (χ0) is 14.9. The van der Waals surface area contributed by atoms with E-state index in [0.717, 1.165) is 16.9 Å². The van der Waals surface area contributed by atoms with Gasteiger partial charge in [0.05, 0.1) is 17.8 Å². The molecule has 0 saturated carbocycles. The third-order valence-electron chi connectivity index (χ3n) is 2.93. The number of nitrogens with zero attached hydrogens (tertiary/aromatic N) is 2. The Morgan fingerprint density at radius 1 is 1.45 bits per heavy atom. The molecule has 0 fully saturated rings. The molecule has 1 atom stereocenters. The van der Waals surface area contributed by atoms with E-state index in [1.807, 2.05) is 63.5 Å². The highest BCUT2D eigenvalue weighted by Crippen LogP contribution is 2.17. The van der Waals surface area contributed by atoms with Gasteiger partial charge >= 0.3 is 6.09 Å². The van der Waals surface area contributed by atoms with E-state index >= 15 is 0 Å². The summed E-state index contributed by atoms with van der Waals surface area (Å²) in [7, 11) is 0. The second kappa shape index (κ2) is 5.15. The normalized spacial score (nSPS) is 13.2. The Morgan fingerprint density at radius 3 is 2.80 bits per heavy atom. The lowest BCUT2D eigenvalue weighted by molar-refractivity contribution is 0.0505. The van der Waals surface area contributed by atoms with Crippen LogP contribution >= 0.6 is 0 Å². The number of imidazole rings is 1. The monoisotopic (exact) mass is 275 g/mol. The summed E-state index contributed by atoms with van der Waals surface area (Å²) in [4.78, 5) is 16.2. The fraction of sp³-hybridized carbons (Fsp3) is 0.467. The predicted molar refractivity (Wildman–Crippen MR) is 77.7 cm³/mol. The van der Waals surface area contributed by atoms with E-state index in [1.54, 1.807) is 0 Å². The fourth-order valence-electron chi connectivity index (χ4n) is 2.05. The summed E-state index contributed by atoms with van der Waals surface area (Å²) >= 11 is 0. The van der Waals surface area contributed by atoms with E-state index < -0.39 is 11.7 Å². The molecule has 5 nitrogen and oxygen atoms in total. The van der Waals surface area contributed by atoms with E-state index in [4.69, 9.17) is 4.74 Å². The number of amides is 1. The first-order valence-electron chi connectivity index (χ1n) is 6.70. The number of carbonyl (C=O) groups excluding carboxylic acids is 1. The molecule has 0 saturated heterocycles. The summed E-state index contributed by atoms with van der Waals surface area (Å²) in [5, 5.41) is 2.81. The predicted octanol–water partition coefficient (Wildman–Crippen LogP) is 3.23. The molecular formula is C15H21N3O2. The van der Waals surface area contributed by atoms with Gasteiger partial charge in [-0.25, -0.2) is 9.78 Å². The van der Waals surface area contributed by atoms with Gasteiger partial charge in [0, 0.05) is 6.20 Å². The van der Waals surface area contributed by atoms with Crippen LogP contribution in [0.25, 0.3) is 5.52 Å². The van der Waals surface area contributed by atoms with Crippen molar-refractivity contribution < 1.29 is 9.53 Å². The number of alkyl carbamates (subject to hydrolysis) is 1. The molecule has 108 valence electrons. The zero-order valence-electron chi connectivity index (χ0n) is 12.6. The molecule has 20 heavy (non-hydrogen) atoms. The zero-order valence-corrected chi connectivity index (χ0v) is 12.6. The van der Waals surface area contributed by atoms with E-state index in [2.05, 4.69) is 10.3 Å². The molecule has 0 unspecified atom stereocenters. The van der Waals surface area contributed by atoms with Crippen LogP contribution in [-0.4, -0.2) is 21.1 Å². The van der Waals surface area contributed by atoms with Crippen molar-refractivity contribution in [2.45, 2.75) is 46.3 Å². The van der Waals surface area contributed by atoms with E-state index in [-0.39, 0.29) is 6.04 Å². The number of hydrogen-bond acceptors (Lipinski definition) is 3. The Balaban J connectivity index is 2.18. The number of rotatable bonds is 2. The molecule has 1 N–H and O–H groups in total. The van der Waals surface area contributed by atoms with Gasteiger partial charge in [0.25, 0.3) is 0 Å². The standard InChI is InChI=1S/C15H21N3O2/c1-10-7-6-8-18-12(10)9-16-13(18)11(2)17-14(19)20-15(3,4)5/h6-9,11H,1-5H3,(H,17,19)/t11-/m0/s1. The summed E-state index contributed by atoms with van der Waals surface area (Å²) in [6.07, 6.45) is 3.32. The Labute approximate surface area is 119 Å². The van der Waals surface area contributed by atoms with Crippen molar-refractivity contribution in [2.75, 3.05) is 0 Å². The van der Waals surface area contributed by atoms with Crippen LogP contribution in [0.2, 0.25) is 0 Å². The molecule has 2 aromatic rings. The van der Waals surface area contributed by atoms with Gasteiger partial charge in [0.15, 0.2) is 0 Å². The Kier molecular flexibility index (Phi) is 3.70. The number of aromatic nitrogens is 2. The molecule has 0 spiro atoms. The smallest absolute Gasteiger partial charge is 0.408 e. The van der Waals surface area contributed by atoms with Crippen molar-refractivity contribution in [1.82, 2.24) is 14.7 Å². The van der Waals surface area contributed by atoms with Crippen LogP contribution in [0.5, 0.6) is 0 Å². The van der Waals surface area contributed by atoms with Gasteiger partial charge in [-0.2, -0.15) is 0 Å². The lowest BCUT2D eigenvalue weighted by Gasteiger charge is -2.21. The Hall–Kier alpha value is -2.04. The highest BCUT2D eigenvalue weighted by atomic mass is 16.6. The van der Waals surface area contributed by atoms with Gasteiger partial charge < -0.3 is 14.5 Å². The van der Waals surface area contributed by atoms with Crippen LogP contribution in [0, 0.1) is 6.92 Å². The maximum atomic E-state index is 11.8. The topological polar surface area (TPSA) is 55.6 Å². The first-order chi connectivity index (χ1) is 9.28. The minimum absolute atomic E-state index is 0.228. The number of hydrogen-bond donors (Lipinski definition) is 1. The quantitative estimate of drug-likeness (QED) is 0.915. The van der Waals surface area contributed by atoms with Crippen molar-refractivity contribution >= 4 is 11.6 Å². The average Bonchev–Trinajstić information content (AvgIpc) is 2.71. The van der Waals surface area contributed by atoms with Crippen molar-refractivity contribution in [3.63, 3.8) is 0 Å². The number of pyridine rings is 1. The highest BCUT2D eigenvalue weighted by molar-refractivity contribution is 5.68. The second-order valence-electron chi connectivity index (χ2n) is 5.93. The molecule has 5 heteroatoms.